The van der Waals surface area contributed by atoms with E-state index in [1.165, 1.54) is 23.5 Å². The minimum absolute atomic E-state index is 0.0373. The molecular weight excluding hydrogens is 378 g/mol. The molecule has 0 spiro atoms. The first-order valence-electron chi connectivity index (χ1n) is 8.28. The van der Waals surface area contributed by atoms with Gasteiger partial charge in [0, 0.05) is 17.7 Å². The minimum atomic E-state index is -0.476. The van der Waals surface area contributed by atoms with Crippen LogP contribution in [0, 0.1) is 10.1 Å². The van der Waals surface area contributed by atoms with Crippen LogP contribution in [0.15, 0.2) is 72.8 Å². The van der Waals surface area contributed by atoms with Crippen LogP contribution in [0.2, 0.25) is 0 Å². The number of para-hydroxylation sites is 1. The van der Waals surface area contributed by atoms with Gasteiger partial charge in [0.2, 0.25) is 0 Å². The predicted molar refractivity (Wildman–Crippen MR) is 107 cm³/mol. The zero-order valence-electron chi connectivity index (χ0n) is 14.4. The van der Waals surface area contributed by atoms with Gasteiger partial charge in [-0.15, -0.1) is 0 Å². The number of nitro groups is 1. The Morgan fingerprint density at radius 1 is 1.00 bits per heavy atom. The third-order valence-electron chi connectivity index (χ3n) is 3.90. The number of benzene rings is 3. The van der Waals surface area contributed by atoms with E-state index in [1.807, 2.05) is 30.3 Å². The minimum Gasteiger partial charge on any atom is -0.457 e. The first-order chi connectivity index (χ1) is 13.6. The van der Waals surface area contributed by atoms with Crippen LogP contribution in [0.1, 0.15) is 10.4 Å². The lowest BCUT2D eigenvalue weighted by Gasteiger charge is -2.06. The van der Waals surface area contributed by atoms with Crippen LogP contribution in [0.3, 0.4) is 0 Å². The van der Waals surface area contributed by atoms with Crippen LogP contribution in [-0.4, -0.2) is 15.8 Å². The number of amides is 1. The van der Waals surface area contributed by atoms with Crippen molar-refractivity contribution in [3.8, 4) is 11.5 Å². The monoisotopic (exact) mass is 391 g/mol. The fraction of sp³-hybridized carbons (Fsp3) is 0. The molecule has 1 amide bonds. The van der Waals surface area contributed by atoms with Crippen molar-refractivity contribution in [1.82, 2.24) is 4.98 Å². The summed E-state index contributed by atoms with van der Waals surface area (Å²) in [5.74, 6) is 1.01. The second-order valence-corrected chi connectivity index (χ2v) is 6.85. The Morgan fingerprint density at radius 2 is 1.71 bits per heavy atom. The lowest BCUT2D eigenvalue weighted by atomic mass is 10.2. The number of carbonyl (C=O) groups excluding carboxylic acids is 1. The third-order valence-corrected chi connectivity index (χ3v) is 4.85. The Hall–Kier alpha value is -3.78. The van der Waals surface area contributed by atoms with Gasteiger partial charge in [-0.05, 0) is 42.5 Å². The number of rotatable bonds is 5. The smallest absolute Gasteiger partial charge is 0.271 e. The first kappa shape index (κ1) is 17.6. The Balaban J connectivity index is 1.47. The average Bonchev–Trinajstić information content (AvgIpc) is 3.10. The van der Waals surface area contributed by atoms with E-state index in [-0.39, 0.29) is 11.6 Å². The van der Waals surface area contributed by atoms with Gasteiger partial charge in [0.15, 0.2) is 5.13 Å². The summed E-state index contributed by atoms with van der Waals surface area (Å²) >= 11 is 1.26. The molecule has 0 aliphatic heterocycles. The maximum absolute atomic E-state index is 12.4. The van der Waals surface area contributed by atoms with Gasteiger partial charge < -0.3 is 4.74 Å². The van der Waals surface area contributed by atoms with Gasteiger partial charge in [0.1, 0.15) is 11.5 Å². The molecule has 0 fully saturated rings. The van der Waals surface area contributed by atoms with Crippen molar-refractivity contribution < 1.29 is 14.5 Å². The summed E-state index contributed by atoms with van der Waals surface area (Å²) in [5, 5.41) is 14.0. The molecule has 0 atom stereocenters. The van der Waals surface area contributed by atoms with Crippen LogP contribution in [0.4, 0.5) is 10.8 Å². The molecule has 4 rings (SSSR count). The Bertz CT molecular complexity index is 1160. The lowest BCUT2D eigenvalue weighted by molar-refractivity contribution is -0.384. The van der Waals surface area contributed by atoms with Crippen LogP contribution in [0.25, 0.3) is 10.2 Å². The molecule has 1 N–H and O–H groups in total. The van der Waals surface area contributed by atoms with E-state index >= 15 is 0 Å². The molecule has 1 heterocycles. The molecule has 0 bridgehead atoms. The van der Waals surface area contributed by atoms with E-state index in [2.05, 4.69) is 10.3 Å². The van der Waals surface area contributed by atoms with E-state index in [4.69, 9.17) is 4.74 Å². The Labute approximate surface area is 163 Å². The number of hydrogen-bond donors (Lipinski definition) is 1. The Kier molecular flexibility index (Phi) is 4.69. The van der Waals surface area contributed by atoms with Crippen LogP contribution in [-0.2, 0) is 0 Å². The highest BCUT2D eigenvalue weighted by atomic mass is 32.1. The number of carbonyl (C=O) groups is 1. The molecule has 0 aliphatic carbocycles. The highest BCUT2D eigenvalue weighted by molar-refractivity contribution is 7.22. The molecule has 4 aromatic rings. The molecule has 0 unspecified atom stereocenters. The number of aromatic nitrogens is 1. The molecule has 0 aliphatic rings. The standard InChI is InChI=1S/C20H13N3O4S/c24-19(13-6-9-16(10-7-13)27-15-4-2-1-3-5-15)22-20-21-17-12-14(23(25)26)8-11-18(17)28-20/h1-12H,(H,21,22,24). The summed E-state index contributed by atoms with van der Waals surface area (Å²) in [4.78, 5) is 27.1. The van der Waals surface area contributed by atoms with Crippen LogP contribution >= 0.6 is 11.3 Å². The molecule has 0 saturated heterocycles. The number of thiazole rings is 1. The number of nitro benzene ring substituents is 1. The van der Waals surface area contributed by atoms with Gasteiger partial charge in [-0.1, -0.05) is 29.5 Å². The highest BCUT2D eigenvalue weighted by Gasteiger charge is 2.13. The number of nitrogens with zero attached hydrogens (tertiary/aromatic N) is 2. The normalized spacial score (nSPS) is 10.6. The molecule has 3 aromatic carbocycles. The number of non-ortho nitro benzene ring substituents is 1. The lowest BCUT2D eigenvalue weighted by Crippen LogP contribution is -2.11. The summed E-state index contributed by atoms with van der Waals surface area (Å²) in [6, 6.07) is 20.5. The molecule has 7 nitrogen and oxygen atoms in total. The SMILES string of the molecule is O=C(Nc1nc2cc([N+](=O)[O-])ccc2s1)c1ccc(Oc2ccccc2)cc1. The van der Waals surface area contributed by atoms with E-state index in [9.17, 15) is 14.9 Å². The van der Waals surface area contributed by atoms with Gasteiger partial charge in [0.25, 0.3) is 11.6 Å². The van der Waals surface area contributed by atoms with Crippen molar-refractivity contribution in [3.63, 3.8) is 0 Å². The summed E-state index contributed by atoms with van der Waals surface area (Å²) < 4.78 is 6.46. The van der Waals surface area contributed by atoms with E-state index in [0.29, 0.717) is 27.7 Å². The van der Waals surface area contributed by atoms with Gasteiger partial charge in [-0.3, -0.25) is 20.2 Å². The van der Waals surface area contributed by atoms with Crippen LogP contribution < -0.4 is 10.1 Å². The first-order valence-corrected chi connectivity index (χ1v) is 9.09. The summed E-state index contributed by atoms with van der Waals surface area (Å²) in [7, 11) is 0. The molecule has 0 radical (unpaired) electrons. The maximum atomic E-state index is 12.4. The molecule has 0 saturated carbocycles. The summed E-state index contributed by atoms with van der Waals surface area (Å²) in [5.41, 5.74) is 0.886. The maximum Gasteiger partial charge on any atom is 0.271 e. The predicted octanol–water partition coefficient (Wildman–Crippen LogP) is 5.25. The van der Waals surface area contributed by atoms with Gasteiger partial charge in [-0.25, -0.2) is 4.98 Å². The quantitative estimate of drug-likeness (QED) is 0.370. The molecule has 138 valence electrons. The summed E-state index contributed by atoms with van der Waals surface area (Å²) in [6.07, 6.45) is 0. The number of nitrogens with one attached hydrogen (secondary N) is 1. The Morgan fingerprint density at radius 3 is 2.43 bits per heavy atom. The topological polar surface area (TPSA) is 94.4 Å². The summed E-state index contributed by atoms with van der Waals surface area (Å²) in [6.45, 7) is 0. The van der Waals surface area contributed by atoms with Crippen molar-refractivity contribution in [2.45, 2.75) is 0 Å². The van der Waals surface area contributed by atoms with E-state index in [1.54, 1.807) is 30.3 Å². The average molecular weight is 391 g/mol. The largest absolute Gasteiger partial charge is 0.457 e. The van der Waals surface area contributed by atoms with Gasteiger partial charge in [0.05, 0.1) is 15.1 Å². The van der Waals surface area contributed by atoms with E-state index < -0.39 is 4.92 Å². The zero-order chi connectivity index (χ0) is 19.5. The van der Waals surface area contributed by atoms with Crippen molar-refractivity contribution in [2.24, 2.45) is 0 Å². The van der Waals surface area contributed by atoms with Crippen molar-refractivity contribution in [1.29, 1.82) is 0 Å². The van der Waals surface area contributed by atoms with Crippen molar-refractivity contribution >= 4 is 38.3 Å². The molecular formula is C20H13N3O4S. The molecule has 1 aromatic heterocycles. The third kappa shape index (κ3) is 3.81. The van der Waals surface area contributed by atoms with Crippen molar-refractivity contribution in [3.05, 3.63) is 88.5 Å². The van der Waals surface area contributed by atoms with Crippen LogP contribution in [0.5, 0.6) is 11.5 Å². The second-order valence-electron chi connectivity index (χ2n) is 5.82. The molecule has 28 heavy (non-hydrogen) atoms. The van der Waals surface area contributed by atoms with E-state index in [0.717, 1.165) is 4.70 Å². The van der Waals surface area contributed by atoms with Gasteiger partial charge in [-0.2, -0.15) is 0 Å². The second kappa shape index (κ2) is 7.45. The number of fused-ring (bicyclic) bond motifs is 1. The highest BCUT2D eigenvalue weighted by Crippen LogP contribution is 2.29. The zero-order valence-corrected chi connectivity index (χ0v) is 15.2. The fourth-order valence-electron chi connectivity index (χ4n) is 2.55. The number of ether oxygens (including phenoxy) is 1. The molecule has 8 heteroatoms. The number of anilines is 1. The van der Waals surface area contributed by atoms with Crippen molar-refractivity contribution in [2.75, 3.05) is 5.32 Å². The van der Waals surface area contributed by atoms with Gasteiger partial charge >= 0.3 is 0 Å². The number of hydrogen-bond acceptors (Lipinski definition) is 6. The fourth-order valence-corrected chi connectivity index (χ4v) is 3.39.